The smallest absolute Gasteiger partial charge is 0.328 e. The Kier molecular flexibility index (Phi) is 39.4. The lowest BCUT2D eigenvalue weighted by molar-refractivity contribution is -0.150. The Bertz CT molecular complexity index is 941. The minimum atomic E-state index is -1.38. The van der Waals surface area contributed by atoms with Gasteiger partial charge in [-0.05, 0) is 64.2 Å². The zero-order valence-corrected chi connectivity index (χ0v) is 35.7. The van der Waals surface area contributed by atoms with Crippen LogP contribution < -0.4 is 10.6 Å². The highest BCUT2D eigenvalue weighted by Crippen LogP contribution is 2.19. The van der Waals surface area contributed by atoms with Crippen molar-refractivity contribution < 1.29 is 34.1 Å². The van der Waals surface area contributed by atoms with Crippen LogP contribution in [0.25, 0.3) is 0 Å². The van der Waals surface area contributed by atoms with Crippen LogP contribution in [0.2, 0.25) is 0 Å². The minimum absolute atomic E-state index is 0.0366. The standard InChI is InChI=1S/C46H86N2O7/c1-3-5-7-9-10-11-12-13-14-15-16-17-18-19-20-21-22-23-24-25-26-28-34-38-45(52)55-41(35-31-27-8-6-4-2)36-32-29-30-33-37-43(50)47-39-44(51)48-42(40-49)46(53)54/h15-16,41-42,49H,3-14,17-40H2,1-2H3,(H,47,50)(H,48,51)(H,53,54)/b16-15-. The van der Waals surface area contributed by atoms with Gasteiger partial charge in [0, 0.05) is 12.8 Å². The van der Waals surface area contributed by atoms with E-state index in [-0.39, 0.29) is 30.9 Å². The summed E-state index contributed by atoms with van der Waals surface area (Å²) in [7, 11) is 0. The number of allylic oxidation sites excluding steroid dienone is 2. The van der Waals surface area contributed by atoms with Crippen molar-refractivity contribution in [2.24, 2.45) is 0 Å². The number of hydrogen-bond acceptors (Lipinski definition) is 6. The third-order valence-corrected chi connectivity index (χ3v) is 10.5. The van der Waals surface area contributed by atoms with E-state index < -0.39 is 24.5 Å². The lowest BCUT2D eigenvalue weighted by Gasteiger charge is -2.18. The SMILES string of the molecule is CCCCCCCCCC/C=C\CCCCCCCCCCCCCC(=O)OC(CCCCCCC)CCCCCCC(=O)NCC(=O)NC(CO)C(=O)O. The molecule has 0 heterocycles. The molecule has 0 fully saturated rings. The van der Waals surface area contributed by atoms with Crippen molar-refractivity contribution in [3.05, 3.63) is 12.2 Å². The molecule has 9 heteroatoms. The number of aliphatic hydroxyl groups excluding tert-OH is 1. The van der Waals surface area contributed by atoms with Gasteiger partial charge in [0.1, 0.15) is 12.1 Å². The molecule has 0 rings (SSSR count). The van der Waals surface area contributed by atoms with E-state index in [4.69, 9.17) is 14.9 Å². The summed E-state index contributed by atoms with van der Waals surface area (Å²) in [5.41, 5.74) is 0. The fraction of sp³-hybridized carbons (Fsp3) is 0.870. The lowest BCUT2D eigenvalue weighted by Crippen LogP contribution is -2.47. The van der Waals surface area contributed by atoms with Crippen molar-refractivity contribution in [2.45, 2.75) is 244 Å². The van der Waals surface area contributed by atoms with Gasteiger partial charge >= 0.3 is 11.9 Å². The molecule has 0 aliphatic carbocycles. The highest BCUT2D eigenvalue weighted by molar-refractivity contribution is 5.87. The Hall–Kier alpha value is -2.42. The summed E-state index contributed by atoms with van der Waals surface area (Å²) in [4.78, 5) is 47.4. The zero-order chi connectivity index (χ0) is 40.5. The Labute approximate surface area is 337 Å². The number of carbonyl (C=O) groups excluding carboxylic acids is 3. The van der Waals surface area contributed by atoms with Gasteiger partial charge in [0.25, 0.3) is 0 Å². The van der Waals surface area contributed by atoms with Crippen LogP contribution in [0.5, 0.6) is 0 Å². The van der Waals surface area contributed by atoms with Crippen molar-refractivity contribution in [3.63, 3.8) is 0 Å². The fourth-order valence-electron chi connectivity index (χ4n) is 6.95. The second-order valence-corrected chi connectivity index (χ2v) is 15.8. The first-order valence-corrected chi connectivity index (χ1v) is 23.1. The quantitative estimate of drug-likeness (QED) is 0.0274. The zero-order valence-electron chi connectivity index (χ0n) is 35.7. The number of unbranched alkanes of at least 4 members (excludes halogenated alkanes) is 26. The number of amides is 2. The van der Waals surface area contributed by atoms with Gasteiger partial charge in [-0.1, -0.05) is 167 Å². The first-order valence-electron chi connectivity index (χ1n) is 23.1. The van der Waals surface area contributed by atoms with Crippen LogP contribution in [0.1, 0.15) is 232 Å². The molecule has 0 aliphatic heterocycles. The van der Waals surface area contributed by atoms with Gasteiger partial charge in [-0.2, -0.15) is 0 Å². The number of aliphatic carboxylic acids is 1. The van der Waals surface area contributed by atoms with Gasteiger partial charge in [0.15, 0.2) is 0 Å². The van der Waals surface area contributed by atoms with Gasteiger partial charge < -0.3 is 25.6 Å². The van der Waals surface area contributed by atoms with Crippen LogP contribution in [0.3, 0.4) is 0 Å². The van der Waals surface area contributed by atoms with Gasteiger partial charge in [-0.15, -0.1) is 0 Å². The van der Waals surface area contributed by atoms with E-state index in [1.54, 1.807) is 0 Å². The molecule has 0 saturated carbocycles. The molecule has 322 valence electrons. The summed E-state index contributed by atoms with van der Waals surface area (Å²) in [6, 6.07) is -1.38. The highest BCUT2D eigenvalue weighted by atomic mass is 16.5. The summed E-state index contributed by atoms with van der Waals surface area (Å²) < 4.78 is 5.96. The van der Waals surface area contributed by atoms with Crippen molar-refractivity contribution in [2.75, 3.05) is 13.2 Å². The predicted molar refractivity (Wildman–Crippen MR) is 227 cm³/mol. The van der Waals surface area contributed by atoms with Crippen LogP contribution in [0, 0.1) is 0 Å². The molecule has 0 spiro atoms. The average Bonchev–Trinajstić information content (AvgIpc) is 3.17. The molecule has 2 amide bonds. The topological polar surface area (TPSA) is 142 Å². The maximum absolute atomic E-state index is 12.7. The van der Waals surface area contributed by atoms with Crippen LogP contribution in [0.15, 0.2) is 12.2 Å². The monoisotopic (exact) mass is 779 g/mol. The first kappa shape index (κ1) is 52.6. The van der Waals surface area contributed by atoms with Crippen molar-refractivity contribution in [3.8, 4) is 0 Å². The molecule has 2 atom stereocenters. The van der Waals surface area contributed by atoms with E-state index in [0.29, 0.717) is 12.8 Å². The highest BCUT2D eigenvalue weighted by Gasteiger charge is 2.19. The second-order valence-electron chi connectivity index (χ2n) is 15.8. The first-order chi connectivity index (χ1) is 26.8. The van der Waals surface area contributed by atoms with Gasteiger partial charge in [0.2, 0.25) is 11.8 Å². The second kappa shape index (κ2) is 41.2. The summed E-state index contributed by atoms with van der Waals surface area (Å²) in [6.45, 7) is 3.45. The summed E-state index contributed by atoms with van der Waals surface area (Å²) in [5, 5.41) is 22.5. The number of ether oxygens (including phenoxy) is 1. The third-order valence-electron chi connectivity index (χ3n) is 10.5. The van der Waals surface area contributed by atoms with Crippen LogP contribution >= 0.6 is 0 Å². The fourth-order valence-corrected chi connectivity index (χ4v) is 6.95. The summed E-state index contributed by atoms with van der Waals surface area (Å²) in [6.07, 6.45) is 44.2. The summed E-state index contributed by atoms with van der Waals surface area (Å²) >= 11 is 0. The molecule has 0 radical (unpaired) electrons. The number of aliphatic hydroxyl groups is 1. The number of carbonyl (C=O) groups is 4. The molecule has 0 aromatic carbocycles. The van der Waals surface area contributed by atoms with Gasteiger partial charge in [-0.3, -0.25) is 14.4 Å². The molecule has 0 bridgehead atoms. The normalized spacial score (nSPS) is 12.5. The number of hydrogen-bond donors (Lipinski definition) is 4. The predicted octanol–water partition coefficient (Wildman–Crippen LogP) is 11.4. The molecule has 9 nitrogen and oxygen atoms in total. The molecule has 0 aliphatic rings. The number of carboxylic acid groups (broad SMARTS) is 1. The molecule has 4 N–H and O–H groups in total. The Morgan fingerprint density at radius 3 is 1.36 bits per heavy atom. The van der Waals surface area contributed by atoms with E-state index in [9.17, 15) is 19.2 Å². The van der Waals surface area contributed by atoms with Gasteiger partial charge in [-0.25, -0.2) is 4.79 Å². The molecular weight excluding hydrogens is 693 g/mol. The van der Waals surface area contributed by atoms with Gasteiger partial charge in [0.05, 0.1) is 13.2 Å². The maximum Gasteiger partial charge on any atom is 0.328 e. The van der Waals surface area contributed by atoms with E-state index in [1.807, 2.05) is 0 Å². The Morgan fingerprint density at radius 2 is 0.927 bits per heavy atom. The molecule has 0 aromatic heterocycles. The Balaban J connectivity index is 3.91. The van der Waals surface area contributed by atoms with E-state index in [0.717, 1.165) is 51.4 Å². The molecule has 0 aromatic rings. The number of nitrogens with one attached hydrogen (secondary N) is 2. The third kappa shape index (κ3) is 38.2. The van der Waals surface area contributed by atoms with Crippen LogP contribution in [-0.2, 0) is 23.9 Å². The van der Waals surface area contributed by atoms with Crippen molar-refractivity contribution in [1.82, 2.24) is 10.6 Å². The molecular formula is C46H86N2O7. The lowest BCUT2D eigenvalue weighted by atomic mass is 10.0. The number of carboxylic acids is 1. The number of rotatable bonds is 42. The van der Waals surface area contributed by atoms with Crippen molar-refractivity contribution in [1.29, 1.82) is 0 Å². The molecule has 0 saturated heterocycles. The minimum Gasteiger partial charge on any atom is -0.480 e. The van der Waals surface area contributed by atoms with E-state index in [2.05, 4.69) is 36.6 Å². The average molecular weight is 779 g/mol. The number of esters is 1. The van der Waals surface area contributed by atoms with Crippen LogP contribution in [0.4, 0.5) is 0 Å². The molecule has 2 unspecified atom stereocenters. The largest absolute Gasteiger partial charge is 0.480 e. The maximum atomic E-state index is 12.7. The van der Waals surface area contributed by atoms with E-state index >= 15 is 0 Å². The summed E-state index contributed by atoms with van der Waals surface area (Å²) in [5.74, 6) is -2.32. The van der Waals surface area contributed by atoms with E-state index in [1.165, 1.54) is 148 Å². The van der Waals surface area contributed by atoms with Crippen molar-refractivity contribution >= 4 is 23.8 Å². The Morgan fingerprint density at radius 1 is 0.527 bits per heavy atom. The van der Waals surface area contributed by atoms with Crippen LogP contribution in [-0.4, -0.2) is 59.3 Å². The molecule has 55 heavy (non-hydrogen) atoms.